The van der Waals surface area contributed by atoms with E-state index < -0.39 is 0 Å². The third-order valence-electron chi connectivity index (χ3n) is 5.82. The molecule has 0 radical (unpaired) electrons. The van der Waals surface area contributed by atoms with Crippen molar-refractivity contribution in [2.24, 2.45) is 5.92 Å². The van der Waals surface area contributed by atoms with Gasteiger partial charge in [-0.2, -0.15) is 0 Å². The molecular weight excluding hydrogens is 402 g/mol. The summed E-state index contributed by atoms with van der Waals surface area (Å²) in [5.41, 5.74) is 0. The number of amides is 1. The van der Waals surface area contributed by atoms with E-state index in [1.165, 1.54) is 0 Å². The van der Waals surface area contributed by atoms with E-state index in [0.717, 1.165) is 70.2 Å². The molecule has 1 atom stereocenters. The van der Waals surface area contributed by atoms with Crippen LogP contribution in [0.15, 0.2) is 42.9 Å². The Bertz CT molecular complexity index is 812. The number of ether oxygens (including phenoxy) is 1. The minimum Gasteiger partial charge on any atom is -0.492 e. The summed E-state index contributed by atoms with van der Waals surface area (Å²) in [5, 5.41) is 0.709. The summed E-state index contributed by atoms with van der Waals surface area (Å²) in [7, 11) is 0. The van der Waals surface area contributed by atoms with E-state index in [1.807, 2.05) is 29.2 Å². The second-order valence-corrected chi connectivity index (χ2v) is 8.25. The Balaban J connectivity index is 1.20. The van der Waals surface area contributed by atoms with Crippen LogP contribution < -0.4 is 9.64 Å². The first-order chi connectivity index (χ1) is 14.7. The highest BCUT2D eigenvalue weighted by molar-refractivity contribution is 6.30. The lowest BCUT2D eigenvalue weighted by Gasteiger charge is -2.39. The lowest BCUT2D eigenvalue weighted by Crippen LogP contribution is -2.53. The predicted molar refractivity (Wildman–Crippen MR) is 117 cm³/mol. The number of carbonyl (C=O) groups excluding carboxylic acids is 1. The summed E-state index contributed by atoms with van der Waals surface area (Å²) in [6.07, 6.45) is 7.12. The first-order valence-corrected chi connectivity index (χ1v) is 11.0. The van der Waals surface area contributed by atoms with Crippen molar-refractivity contribution in [2.45, 2.75) is 12.8 Å². The smallest absolute Gasteiger partial charge is 0.227 e. The number of carbonyl (C=O) groups is 1. The third-order valence-corrected chi connectivity index (χ3v) is 6.07. The number of halogens is 1. The Morgan fingerprint density at radius 2 is 1.90 bits per heavy atom. The van der Waals surface area contributed by atoms with Crippen LogP contribution in [0.5, 0.6) is 5.75 Å². The maximum Gasteiger partial charge on any atom is 0.227 e. The van der Waals surface area contributed by atoms with Gasteiger partial charge in [0, 0.05) is 63.2 Å². The first kappa shape index (κ1) is 20.9. The molecule has 1 aromatic heterocycles. The highest BCUT2D eigenvalue weighted by atomic mass is 35.5. The summed E-state index contributed by atoms with van der Waals surface area (Å²) >= 11 is 5.90. The monoisotopic (exact) mass is 429 g/mol. The zero-order valence-corrected chi connectivity index (χ0v) is 17.9. The molecule has 2 saturated heterocycles. The van der Waals surface area contributed by atoms with E-state index in [0.29, 0.717) is 11.6 Å². The van der Waals surface area contributed by atoms with Crippen LogP contribution in [0, 0.1) is 5.92 Å². The van der Waals surface area contributed by atoms with Crippen molar-refractivity contribution >= 4 is 23.3 Å². The molecule has 0 aliphatic carbocycles. The number of aromatic nitrogens is 2. The van der Waals surface area contributed by atoms with Gasteiger partial charge in [-0.05, 0) is 37.1 Å². The number of anilines is 1. The first-order valence-electron chi connectivity index (χ1n) is 10.6. The predicted octanol–water partition coefficient (Wildman–Crippen LogP) is 2.57. The fourth-order valence-electron chi connectivity index (χ4n) is 4.11. The molecule has 2 aliphatic rings. The molecule has 0 saturated carbocycles. The maximum absolute atomic E-state index is 13.1. The lowest BCUT2D eigenvalue weighted by atomic mass is 9.96. The molecule has 2 aliphatic heterocycles. The third kappa shape index (κ3) is 5.40. The van der Waals surface area contributed by atoms with Crippen LogP contribution >= 0.6 is 11.6 Å². The van der Waals surface area contributed by atoms with Crippen LogP contribution in [0.2, 0.25) is 5.02 Å². The number of rotatable bonds is 6. The zero-order chi connectivity index (χ0) is 20.8. The fraction of sp³-hybridized carbons (Fsp3) is 0.500. The van der Waals surface area contributed by atoms with Crippen molar-refractivity contribution in [3.8, 4) is 5.75 Å². The minimum absolute atomic E-state index is 0.0422. The van der Waals surface area contributed by atoms with Crippen molar-refractivity contribution in [3.05, 3.63) is 47.9 Å². The summed E-state index contributed by atoms with van der Waals surface area (Å²) in [6, 6.07) is 7.43. The molecule has 0 bridgehead atoms. The maximum atomic E-state index is 13.1. The normalized spacial score (nSPS) is 20.2. The second-order valence-electron chi connectivity index (χ2n) is 7.82. The van der Waals surface area contributed by atoms with E-state index in [4.69, 9.17) is 16.3 Å². The zero-order valence-electron chi connectivity index (χ0n) is 17.1. The van der Waals surface area contributed by atoms with Gasteiger partial charge in [-0.1, -0.05) is 11.6 Å². The molecule has 30 heavy (non-hydrogen) atoms. The molecule has 0 spiro atoms. The van der Waals surface area contributed by atoms with Crippen LogP contribution in [0.1, 0.15) is 12.8 Å². The standard InChI is InChI=1S/C22H28ClN5O2/c23-19-3-5-20(6-4-19)30-15-14-26-10-12-27(13-11-26)22(29)18-2-1-9-28(17-18)21-16-24-7-8-25-21/h3-8,16,18H,1-2,9-15,17H2. The average Bonchev–Trinajstić information content (AvgIpc) is 2.81. The number of piperidine rings is 1. The summed E-state index contributed by atoms with van der Waals surface area (Å²) in [5.74, 6) is 2.01. The molecule has 0 N–H and O–H groups in total. The van der Waals surface area contributed by atoms with Gasteiger partial charge in [-0.3, -0.25) is 14.7 Å². The molecule has 8 heteroatoms. The molecule has 1 aromatic carbocycles. The Kier molecular flexibility index (Phi) is 7.02. The SMILES string of the molecule is O=C(C1CCCN(c2cnccn2)C1)N1CCN(CCOc2ccc(Cl)cc2)CC1. The van der Waals surface area contributed by atoms with Gasteiger partial charge < -0.3 is 14.5 Å². The molecule has 7 nitrogen and oxygen atoms in total. The van der Waals surface area contributed by atoms with E-state index in [2.05, 4.69) is 19.8 Å². The van der Waals surface area contributed by atoms with Gasteiger partial charge in [0.1, 0.15) is 18.2 Å². The van der Waals surface area contributed by atoms with Gasteiger partial charge >= 0.3 is 0 Å². The van der Waals surface area contributed by atoms with Crippen molar-refractivity contribution in [2.75, 3.05) is 57.3 Å². The summed E-state index contributed by atoms with van der Waals surface area (Å²) in [6.45, 7) is 6.48. The lowest BCUT2D eigenvalue weighted by molar-refractivity contribution is -0.137. The molecule has 4 rings (SSSR count). The van der Waals surface area contributed by atoms with Gasteiger partial charge in [0.15, 0.2) is 0 Å². The van der Waals surface area contributed by atoms with Crippen LogP contribution in [0.25, 0.3) is 0 Å². The van der Waals surface area contributed by atoms with Crippen LogP contribution in [-0.2, 0) is 4.79 Å². The van der Waals surface area contributed by atoms with E-state index in [1.54, 1.807) is 18.6 Å². The number of nitrogens with zero attached hydrogens (tertiary/aromatic N) is 5. The Morgan fingerprint density at radius 3 is 2.63 bits per heavy atom. The van der Waals surface area contributed by atoms with Crippen LogP contribution in [0.4, 0.5) is 5.82 Å². The van der Waals surface area contributed by atoms with E-state index in [9.17, 15) is 4.79 Å². The van der Waals surface area contributed by atoms with Crippen LogP contribution in [0.3, 0.4) is 0 Å². The molecule has 2 aromatic rings. The topological polar surface area (TPSA) is 61.8 Å². The van der Waals surface area contributed by atoms with Crippen molar-refractivity contribution in [3.63, 3.8) is 0 Å². The summed E-state index contributed by atoms with van der Waals surface area (Å²) < 4.78 is 5.79. The largest absolute Gasteiger partial charge is 0.492 e. The molecule has 2 fully saturated rings. The molecule has 160 valence electrons. The van der Waals surface area contributed by atoms with Crippen molar-refractivity contribution < 1.29 is 9.53 Å². The average molecular weight is 430 g/mol. The molecule has 1 unspecified atom stereocenters. The van der Waals surface area contributed by atoms with Gasteiger partial charge in [-0.25, -0.2) is 4.98 Å². The molecule has 1 amide bonds. The number of piperazine rings is 1. The van der Waals surface area contributed by atoms with Gasteiger partial charge in [0.2, 0.25) is 5.91 Å². The minimum atomic E-state index is 0.0422. The number of benzene rings is 1. The second kappa shape index (κ2) is 10.1. The Hall–Kier alpha value is -2.38. The molecule has 3 heterocycles. The van der Waals surface area contributed by atoms with Gasteiger partial charge in [0.05, 0.1) is 12.1 Å². The van der Waals surface area contributed by atoms with Crippen LogP contribution in [-0.4, -0.2) is 78.1 Å². The quantitative estimate of drug-likeness (QED) is 0.703. The number of hydrogen-bond acceptors (Lipinski definition) is 6. The van der Waals surface area contributed by atoms with Gasteiger partial charge in [-0.15, -0.1) is 0 Å². The highest BCUT2D eigenvalue weighted by Crippen LogP contribution is 2.23. The van der Waals surface area contributed by atoms with E-state index >= 15 is 0 Å². The Labute approximate surface area is 182 Å². The Morgan fingerprint density at radius 1 is 1.10 bits per heavy atom. The fourth-order valence-corrected chi connectivity index (χ4v) is 4.24. The summed E-state index contributed by atoms with van der Waals surface area (Å²) in [4.78, 5) is 28.2. The van der Waals surface area contributed by atoms with Gasteiger partial charge in [0.25, 0.3) is 0 Å². The highest BCUT2D eigenvalue weighted by Gasteiger charge is 2.31. The number of hydrogen-bond donors (Lipinski definition) is 0. The van der Waals surface area contributed by atoms with Crippen molar-refractivity contribution in [1.29, 1.82) is 0 Å². The molecular formula is C22H28ClN5O2. The van der Waals surface area contributed by atoms with Crippen molar-refractivity contribution in [1.82, 2.24) is 19.8 Å². The van der Waals surface area contributed by atoms with E-state index in [-0.39, 0.29) is 11.8 Å².